The van der Waals surface area contributed by atoms with Gasteiger partial charge >= 0.3 is 0 Å². The first-order valence-electron chi connectivity index (χ1n) is 0.955. The zero-order valence-corrected chi connectivity index (χ0v) is 6.54. The first kappa shape index (κ1) is 45.4. The monoisotopic (exact) mass is 194 g/mol. The molecule has 0 bridgehead atoms. The van der Waals surface area contributed by atoms with E-state index < -0.39 is 0 Å². The van der Waals surface area contributed by atoms with E-state index >= 15 is 0 Å². The number of halogens is 1. The predicted molar refractivity (Wildman–Crippen MR) is 33.6 cm³/mol. The van der Waals surface area contributed by atoms with Crippen molar-refractivity contribution >= 4 is 11.6 Å². The summed E-state index contributed by atoms with van der Waals surface area (Å²) in [4.78, 5) is 0. The number of hydrogen-bond acceptors (Lipinski definition) is 2. The van der Waals surface area contributed by atoms with E-state index in [1.165, 1.54) is 13.4 Å². The molecular weight excluding hydrogens is 179 g/mol. The van der Waals surface area contributed by atoms with Crippen LogP contribution in [0.25, 0.3) is 0 Å². The van der Waals surface area contributed by atoms with Crippen LogP contribution in [0.1, 0.15) is 7.43 Å². The van der Waals surface area contributed by atoms with E-state index in [9.17, 15) is 0 Å². The summed E-state index contributed by atoms with van der Waals surface area (Å²) < 4.78 is 0. The van der Waals surface area contributed by atoms with Crippen molar-refractivity contribution in [3.63, 3.8) is 0 Å². The van der Waals surface area contributed by atoms with Gasteiger partial charge in [-0.3, -0.25) is 0 Å². The van der Waals surface area contributed by atoms with Crippen molar-refractivity contribution in [2.24, 2.45) is 5.73 Å². The molecule has 60 valence electrons. The molecule has 2 nitrogen and oxygen atoms in total. The third-order valence-corrected chi connectivity index (χ3v) is 0. The van der Waals surface area contributed by atoms with Crippen LogP contribution in [0.3, 0.4) is 0 Å². The second kappa shape index (κ2) is 99.5. The largest absolute Gasteiger partial charge is 0.344 e. The van der Waals surface area contributed by atoms with Crippen LogP contribution in [0, 0.1) is 75.5 Å². The zero-order chi connectivity index (χ0) is 4.00. The van der Waals surface area contributed by atoms with Crippen LogP contribution in [0.5, 0.6) is 0 Å². The zero-order valence-electron chi connectivity index (χ0n) is 4.37. The minimum atomic E-state index is 0. The fourth-order valence-corrected chi connectivity index (χ4v) is 0. The van der Waals surface area contributed by atoms with Crippen LogP contribution < -0.4 is 11.9 Å². The molecule has 0 saturated carbocycles. The topological polar surface area (TPSA) is 61.0 Å². The van der Waals surface area contributed by atoms with Gasteiger partial charge in [-0.1, -0.05) is 7.43 Å². The van der Waals surface area contributed by atoms with E-state index in [-0.39, 0.29) is 89.1 Å². The molecule has 8 heavy (non-hydrogen) atoms. The molecule has 0 saturated heterocycles. The Kier molecular flexibility index (Phi) is 565. The Balaban J connectivity index is -0.00000000167. The summed E-state index contributed by atoms with van der Waals surface area (Å²) in [6.07, 6.45) is 1.47. The molecule has 0 aliphatic carbocycles. The van der Waals surface area contributed by atoms with E-state index in [0.717, 1.165) is 0 Å². The fourth-order valence-electron chi connectivity index (χ4n) is 0. The van der Waals surface area contributed by atoms with Gasteiger partial charge in [0.1, 0.15) is 0 Å². The van der Waals surface area contributed by atoms with Crippen molar-refractivity contribution in [1.29, 1.82) is 0 Å². The van der Waals surface area contributed by atoms with Crippen molar-refractivity contribution < 1.29 is 75.5 Å². The molecule has 5 heteroatoms. The summed E-state index contributed by atoms with van der Waals surface area (Å²) in [5.74, 6) is 0. The predicted octanol–water partition coefficient (Wildman–Crippen LogP) is 1.23. The Hall–Kier alpha value is 2.73. The van der Waals surface area contributed by atoms with Gasteiger partial charge in [0, 0.05) is 81.9 Å². The molecule has 0 amide bonds. The Bertz CT molecular complexity index is 15.2. The summed E-state index contributed by atoms with van der Waals surface area (Å²) in [6, 6.07) is 0. The van der Waals surface area contributed by atoms with Crippen LogP contribution in [-0.4, -0.2) is 13.4 Å². The SMILES string of the molecule is C.CCl.CN.N.[Ar].[Ar]. The van der Waals surface area contributed by atoms with E-state index in [0.29, 0.717) is 0 Å². The van der Waals surface area contributed by atoms with Gasteiger partial charge in [0.05, 0.1) is 0 Å². The Morgan fingerprint density at radius 1 is 1.00 bits per heavy atom. The normalized spacial score (nSPS) is 1.50. The maximum atomic E-state index is 4.64. The van der Waals surface area contributed by atoms with E-state index in [1.54, 1.807) is 0 Å². The van der Waals surface area contributed by atoms with Crippen molar-refractivity contribution in [2.45, 2.75) is 7.43 Å². The average molecular weight is 195 g/mol. The molecule has 0 fully saturated rings. The molecule has 0 aromatic rings. The number of rotatable bonds is 0. The maximum Gasteiger partial charge on any atom is 0.0108 e. The first-order valence-corrected chi connectivity index (χ1v) is 1.71. The molecule has 0 aliphatic heterocycles. The van der Waals surface area contributed by atoms with Gasteiger partial charge in [0.25, 0.3) is 0 Å². The molecule has 0 spiro atoms. The molecule has 0 aromatic heterocycles. The minimum Gasteiger partial charge on any atom is -0.344 e. The van der Waals surface area contributed by atoms with E-state index in [1.807, 2.05) is 0 Å². The van der Waals surface area contributed by atoms with Gasteiger partial charge < -0.3 is 11.9 Å². The Labute approximate surface area is 117 Å². The number of alkyl halides is 1. The smallest absolute Gasteiger partial charge is 0.0108 e. The quantitative estimate of drug-likeness (QED) is 0.570. The van der Waals surface area contributed by atoms with Gasteiger partial charge in [-0.15, -0.1) is 11.6 Å². The van der Waals surface area contributed by atoms with Crippen LogP contribution in [-0.2, 0) is 0 Å². The molecule has 0 radical (unpaired) electrons. The number of nitrogens with two attached hydrogens (primary N) is 1. The molecule has 0 aliphatic rings. The average Bonchev–Trinajstić information content (AvgIpc) is 1.50. The third-order valence-electron chi connectivity index (χ3n) is 0. The molecular formula is C3H15Ar2ClN2. The van der Waals surface area contributed by atoms with Crippen molar-refractivity contribution in [1.82, 2.24) is 6.15 Å². The van der Waals surface area contributed by atoms with Gasteiger partial charge in [0.15, 0.2) is 0 Å². The summed E-state index contributed by atoms with van der Waals surface area (Å²) in [5, 5.41) is 0. The molecule has 0 heterocycles. The molecule has 0 aromatic carbocycles. The third kappa shape index (κ3) is 70.0. The van der Waals surface area contributed by atoms with Gasteiger partial charge in [-0.25, -0.2) is 0 Å². The Morgan fingerprint density at radius 2 is 1.00 bits per heavy atom. The maximum absolute atomic E-state index is 4.64. The standard InChI is InChI=1S/CH3Cl.CH5N.CH4.2Ar.H3N/c2*1-2;;;;/h1H3;2H2,1H3;1H4;;;1H3. The first-order chi connectivity index (χ1) is 2.00. The summed E-state index contributed by atoms with van der Waals surface area (Å²) >= 11 is 4.64. The van der Waals surface area contributed by atoms with Gasteiger partial charge in [0.2, 0.25) is 0 Å². The second-order valence-corrected chi connectivity index (χ2v) is 0. The molecule has 0 rings (SSSR count). The van der Waals surface area contributed by atoms with E-state index in [2.05, 4.69) is 17.3 Å². The summed E-state index contributed by atoms with van der Waals surface area (Å²) in [6.45, 7) is 0. The molecule has 0 unspecified atom stereocenters. The van der Waals surface area contributed by atoms with Crippen molar-refractivity contribution in [2.75, 3.05) is 13.4 Å². The molecule has 5 N–H and O–H groups in total. The summed E-state index contributed by atoms with van der Waals surface area (Å²) in [5.41, 5.74) is 4.50. The van der Waals surface area contributed by atoms with Crippen LogP contribution in [0.2, 0.25) is 0 Å². The van der Waals surface area contributed by atoms with Crippen LogP contribution >= 0.6 is 11.6 Å². The van der Waals surface area contributed by atoms with Crippen LogP contribution in [0.15, 0.2) is 0 Å². The number of hydrogen-bond donors (Lipinski definition) is 2. The van der Waals surface area contributed by atoms with Gasteiger partial charge in [-0.2, -0.15) is 0 Å². The fraction of sp³-hybridized carbons (Fsp3) is 1.00. The Morgan fingerprint density at radius 3 is 1.00 bits per heavy atom. The minimum absolute atomic E-state index is 0. The van der Waals surface area contributed by atoms with Crippen molar-refractivity contribution in [3.8, 4) is 0 Å². The van der Waals surface area contributed by atoms with Crippen LogP contribution in [0.4, 0.5) is 0 Å². The summed E-state index contributed by atoms with van der Waals surface area (Å²) in [7, 11) is 1.50. The second-order valence-electron chi connectivity index (χ2n) is 0. The van der Waals surface area contributed by atoms with E-state index in [4.69, 9.17) is 0 Å². The molecule has 0 atom stereocenters. The van der Waals surface area contributed by atoms with Crippen molar-refractivity contribution in [3.05, 3.63) is 0 Å². The van der Waals surface area contributed by atoms with Gasteiger partial charge in [-0.05, 0) is 7.05 Å².